The van der Waals surface area contributed by atoms with Crippen LogP contribution in [-0.2, 0) is 21.1 Å². The zero-order valence-electron chi connectivity index (χ0n) is 18.2. The van der Waals surface area contributed by atoms with Crippen molar-refractivity contribution in [2.75, 3.05) is 5.75 Å². The summed E-state index contributed by atoms with van der Waals surface area (Å²) in [6, 6.07) is 17.0. The number of sulfone groups is 1. The van der Waals surface area contributed by atoms with Gasteiger partial charge in [-0.15, -0.1) is 0 Å². The number of aromatic nitrogens is 1. The Bertz CT molecular complexity index is 1220. The minimum absolute atomic E-state index is 0.210. The van der Waals surface area contributed by atoms with Gasteiger partial charge in [-0.1, -0.05) is 49.6 Å². The molecule has 168 valence electrons. The van der Waals surface area contributed by atoms with Crippen molar-refractivity contribution in [3.8, 4) is 0 Å². The fourth-order valence-corrected chi connectivity index (χ4v) is 6.62. The van der Waals surface area contributed by atoms with Gasteiger partial charge in [-0.3, -0.25) is 15.0 Å². The lowest BCUT2D eigenvalue weighted by atomic mass is 9.83. The zero-order chi connectivity index (χ0) is 22.8. The molecule has 2 aromatic carbocycles. The second-order valence-corrected chi connectivity index (χ2v) is 10.7. The number of hydroxylamine groups is 2. The summed E-state index contributed by atoms with van der Waals surface area (Å²) in [5, 5.41) is 11.8. The van der Waals surface area contributed by atoms with Crippen LogP contribution in [0.4, 0.5) is 0 Å². The molecule has 0 spiro atoms. The molecule has 0 radical (unpaired) electrons. The molecule has 32 heavy (non-hydrogen) atoms. The quantitative estimate of drug-likeness (QED) is 0.325. The monoisotopic (exact) mass is 452 g/mol. The van der Waals surface area contributed by atoms with Crippen molar-refractivity contribution >= 4 is 27.2 Å². The predicted molar refractivity (Wildman–Crippen MR) is 123 cm³/mol. The lowest BCUT2D eigenvalue weighted by Crippen LogP contribution is -2.52. The lowest BCUT2D eigenvalue weighted by Gasteiger charge is -2.40. The van der Waals surface area contributed by atoms with Crippen LogP contribution in [0.15, 0.2) is 59.5 Å². The van der Waals surface area contributed by atoms with Crippen LogP contribution in [0.2, 0.25) is 0 Å². The summed E-state index contributed by atoms with van der Waals surface area (Å²) >= 11 is 0. The van der Waals surface area contributed by atoms with Crippen LogP contribution in [0.5, 0.6) is 0 Å². The third kappa shape index (κ3) is 4.54. The van der Waals surface area contributed by atoms with Gasteiger partial charge in [-0.2, -0.15) is 0 Å². The first-order valence-corrected chi connectivity index (χ1v) is 12.6. The fraction of sp³-hybridized carbons (Fsp3) is 0.360. The van der Waals surface area contributed by atoms with E-state index in [1.54, 1.807) is 12.1 Å². The van der Waals surface area contributed by atoms with Gasteiger partial charge in [0, 0.05) is 11.1 Å². The maximum Gasteiger partial charge on any atom is 0.233 e. The Labute approximate surface area is 188 Å². The molecule has 3 aromatic rings. The number of carbonyl (C=O) groups is 1. The molecule has 0 aliphatic heterocycles. The molecule has 4 rings (SSSR count). The van der Waals surface area contributed by atoms with Crippen molar-refractivity contribution < 1.29 is 18.4 Å². The van der Waals surface area contributed by atoms with Crippen LogP contribution in [0.25, 0.3) is 10.9 Å². The van der Waals surface area contributed by atoms with E-state index in [9.17, 15) is 18.4 Å². The number of fused-ring (bicyclic) bond motifs is 1. The second-order valence-electron chi connectivity index (χ2n) is 8.75. The van der Waals surface area contributed by atoms with E-state index in [1.165, 1.54) is 0 Å². The Balaban J connectivity index is 1.58. The standard InChI is InChI=1S/C25H28N2O4S/c1-19-15-21(23-7-3-4-8-24(23)26-19)16-20-9-11-22(12-10-20)32(30,31)17-25(27(29)18-28)13-5-2-6-14-25/h3-4,7-12,15,18,29H,2,5-6,13-14,16-17H2,1H3. The molecule has 0 bridgehead atoms. The third-order valence-corrected chi connectivity index (χ3v) is 8.34. The minimum Gasteiger partial charge on any atom is -0.286 e. The van der Waals surface area contributed by atoms with Gasteiger partial charge in [-0.05, 0) is 61.6 Å². The Morgan fingerprint density at radius 2 is 1.75 bits per heavy atom. The number of para-hydroxylation sites is 1. The Morgan fingerprint density at radius 3 is 2.44 bits per heavy atom. The Hall–Kier alpha value is -2.77. The molecule has 1 heterocycles. The number of aryl methyl sites for hydroxylation is 1. The first-order valence-electron chi connectivity index (χ1n) is 10.9. The van der Waals surface area contributed by atoms with Gasteiger partial charge in [0.15, 0.2) is 9.84 Å². The molecule has 1 saturated carbocycles. The highest BCUT2D eigenvalue weighted by molar-refractivity contribution is 7.91. The number of carbonyl (C=O) groups excluding carboxylic acids is 1. The minimum atomic E-state index is -3.68. The summed E-state index contributed by atoms with van der Waals surface area (Å²) in [7, 11) is -3.68. The van der Waals surface area contributed by atoms with E-state index in [0.29, 0.717) is 30.7 Å². The number of amides is 1. The van der Waals surface area contributed by atoms with Crippen molar-refractivity contribution in [1.82, 2.24) is 10.0 Å². The molecule has 1 aliphatic rings. The van der Waals surface area contributed by atoms with E-state index in [4.69, 9.17) is 0 Å². The van der Waals surface area contributed by atoms with Crippen LogP contribution in [0.1, 0.15) is 48.9 Å². The molecule has 0 unspecified atom stereocenters. The first-order chi connectivity index (χ1) is 15.3. The van der Waals surface area contributed by atoms with Crippen molar-refractivity contribution in [1.29, 1.82) is 0 Å². The first kappa shape index (κ1) is 22.4. The highest BCUT2D eigenvalue weighted by atomic mass is 32.2. The summed E-state index contributed by atoms with van der Waals surface area (Å²) in [6.07, 6.45) is 4.51. The highest BCUT2D eigenvalue weighted by Gasteiger charge is 2.42. The van der Waals surface area contributed by atoms with Crippen LogP contribution in [0, 0.1) is 6.92 Å². The van der Waals surface area contributed by atoms with E-state index < -0.39 is 15.4 Å². The van der Waals surface area contributed by atoms with E-state index in [1.807, 2.05) is 43.3 Å². The van der Waals surface area contributed by atoms with Gasteiger partial charge in [0.1, 0.15) is 0 Å². The average Bonchev–Trinajstić information content (AvgIpc) is 2.79. The van der Waals surface area contributed by atoms with Gasteiger partial charge >= 0.3 is 0 Å². The van der Waals surface area contributed by atoms with Crippen molar-refractivity contribution in [2.45, 2.75) is 55.9 Å². The van der Waals surface area contributed by atoms with Crippen LogP contribution >= 0.6 is 0 Å². The summed E-state index contributed by atoms with van der Waals surface area (Å²) in [6.45, 7) is 1.97. The molecule has 7 heteroatoms. The van der Waals surface area contributed by atoms with E-state index in [0.717, 1.165) is 47.0 Å². The molecular weight excluding hydrogens is 424 g/mol. The number of benzene rings is 2. The van der Waals surface area contributed by atoms with Crippen molar-refractivity contribution in [3.05, 3.63) is 71.4 Å². The number of pyridine rings is 1. The maximum atomic E-state index is 13.2. The molecular formula is C25H28N2O4S. The Morgan fingerprint density at radius 1 is 1.06 bits per heavy atom. The van der Waals surface area contributed by atoms with Crippen LogP contribution in [-0.4, -0.2) is 41.4 Å². The van der Waals surface area contributed by atoms with Crippen molar-refractivity contribution in [2.24, 2.45) is 0 Å². The maximum absolute atomic E-state index is 13.2. The molecule has 6 nitrogen and oxygen atoms in total. The van der Waals surface area contributed by atoms with Gasteiger partial charge in [0.2, 0.25) is 6.41 Å². The summed E-state index contributed by atoms with van der Waals surface area (Å²) in [5.74, 6) is -0.275. The van der Waals surface area contributed by atoms with E-state index in [-0.39, 0.29) is 10.6 Å². The van der Waals surface area contributed by atoms with E-state index >= 15 is 0 Å². The Kier molecular flexibility index (Phi) is 6.31. The smallest absolute Gasteiger partial charge is 0.233 e. The number of hydrogen-bond donors (Lipinski definition) is 1. The normalized spacial score (nSPS) is 16.1. The molecule has 0 saturated heterocycles. The predicted octanol–water partition coefficient (Wildman–Crippen LogP) is 4.46. The molecule has 0 atom stereocenters. The molecule has 1 aromatic heterocycles. The lowest BCUT2D eigenvalue weighted by molar-refractivity contribution is -0.181. The number of rotatable bonds is 7. The number of hydrogen-bond acceptors (Lipinski definition) is 5. The van der Waals surface area contributed by atoms with Gasteiger partial charge in [0.25, 0.3) is 0 Å². The number of nitrogens with zero attached hydrogens (tertiary/aromatic N) is 2. The molecule has 1 N–H and O–H groups in total. The summed E-state index contributed by atoms with van der Waals surface area (Å²) < 4.78 is 26.3. The van der Waals surface area contributed by atoms with Crippen LogP contribution in [0.3, 0.4) is 0 Å². The SMILES string of the molecule is Cc1cc(Cc2ccc(S(=O)(=O)CC3(N(O)C=O)CCCCC3)cc2)c2ccccc2n1. The summed E-state index contributed by atoms with van der Waals surface area (Å²) in [4.78, 5) is 16.0. The summed E-state index contributed by atoms with van der Waals surface area (Å²) in [5.41, 5.74) is 2.99. The third-order valence-electron chi connectivity index (χ3n) is 6.44. The molecule has 1 amide bonds. The zero-order valence-corrected chi connectivity index (χ0v) is 19.0. The second kappa shape index (κ2) is 9.00. The van der Waals surface area contributed by atoms with Crippen LogP contribution < -0.4 is 0 Å². The highest BCUT2D eigenvalue weighted by Crippen LogP contribution is 2.35. The van der Waals surface area contributed by atoms with Gasteiger partial charge in [0.05, 0.1) is 21.7 Å². The largest absolute Gasteiger partial charge is 0.286 e. The molecule has 1 fully saturated rings. The fourth-order valence-electron chi connectivity index (χ4n) is 4.77. The van der Waals surface area contributed by atoms with Gasteiger partial charge in [-0.25, -0.2) is 13.5 Å². The van der Waals surface area contributed by atoms with E-state index in [2.05, 4.69) is 11.1 Å². The molecule has 1 aliphatic carbocycles. The van der Waals surface area contributed by atoms with Crippen molar-refractivity contribution in [3.63, 3.8) is 0 Å². The van der Waals surface area contributed by atoms with Gasteiger partial charge < -0.3 is 0 Å². The topological polar surface area (TPSA) is 87.6 Å². The average molecular weight is 453 g/mol.